The monoisotopic (exact) mass is 526 g/mol. The van der Waals surface area contributed by atoms with Gasteiger partial charge in [-0.15, -0.1) is 0 Å². The molecule has 7 heteroatoms. The Kier molecular flexibility index (Phi) is 11.2. The van der Waals surface area contributed by atoms with E-state index in [1.54, 1.807) is 6.07 Å². The molecule has 2 aromatic carbocycles. The van der Waals surface area contributed by atoms with Crippen molar-refractivity contribution in [3.8, 4) is 40.1 Å². The minimum absolute atomic E-state index is 0.0309. The van der Waals surface area contributed by atoms with E-state index < -0.39 is 0 Å². The Morgan fingerprint density at radius 3 is 1.89 bits per heavy atom. The number of aromatic hydroxyl groups is 3. The number of phenols is 3. The fraction of sp³-hybridized carbons (Fsp3) is 0.516. The van der Waals surface area contributed by atoms with E-state index in [0.29, 0.717) is 17.5 Å². The molecule has 0 fully saturated rings. The molecular weight excluding hydrogens is 484 g/mol. The molecule has 0 saturated heterocycles. The van der Waals surface area contributed by atoms with Crippen molar-refractivity contribution in [1.82, 2.24) is 0 Å². The van der Waals surface area contributed by atoms with Crippen molar-refractivity contribution in [1.29, 1.82) is 0 Å². The summed E-state index contributed by atoms with van der Waals surface area (Å²) in [4.78, 5) is 13.7. The lowest BCUT2D eigenvalue weighted by Crippen LogP contribution is -2.12. The molecule has 0 bridgehead atoms. The van der Waals surface area contributed by atoms with Gasteiger partial charge >= 0.3 is 0 Å². The predicted octanol–water partition coefficient (Wildman–Crippen LogP) is 7.84. The van der Waals surface area contributed by atoms with Gasteiger partial charge in [-0.05, 0) is 31.0 Å². The lowest BCUT2D eigenvalue weighted by atomic mass is 9.98. The molecule has 3 rings (SSSR count). The molecule has 3 N–H and O–H groups in total. The van der Waals surface area contributed by atoms with Crippen LogP contribution >= 0.6 is 0 Å². The van der Waals surface area contributed by atoms with Crippen LogP contribution in [0.2, 0.25) is 0 Å². The van der Waals surface area contributed by atoms with E-state index in [0.717, 1.165) is 19.3 Å². The van der Waals surface area contributed by atoms with Crippen LogP contribution in [0.3, 0.4) is 0 Å². The summed E-state index contributed by atoms with van der Waals surface area (Å²) in [5.41, 5.74) is 0.570. The van der Waals surface area contributed by atoms with Crippen molar-refractivity contribution in [3.05, 3.63) is 40.1 Å². The molecule has 38 heavy (non-hydrogen) atoms. The maximum absolute atomic E-state index is 13.7. The van der Waals surface area contributed by atoms with Gasteiger partial charge in [-0.25, -0.2) is 0 Å². The van der Waals surface area contributed by atoms with Gasteiger partial charge in [0.05, 0.1) is 14.2 Å². The standard InChI is InChI=1S/C31H42O7/c1-4-5-6-7-8-9-10-11-12-13-14-15-16-22-28(35)27-25(34)20-26(36-2)30(37-3)31(27)38-29(22)21-17-18-23(32)24(33)19-21/h17-20,32-34H,4-16H2,1-3H3. The first-order valence-electron chi connectivity index (χ1n) is 13.9. The van der Waals surface area contributed by atoms with Gasteiger partial charge in [0.25, 0.3) is 0 Å². The number of methoxy groups -OCH3 is 2. The molecular formula is C31H42O7. The molecule has 7 nitrogen and oxygen atoms in total. The van der Waals surface area contributed by atoms with Gasteiger partial charge in [-0.2, -0.15) is 0 Å². The van der Waals surface area contributed by atoms with Gasteiger partial charge in [0.2, 0.25) is 5.75 Å². The lowest BCUT2D eigenvalue weighted by Gasteiger charge is -2.15. The third-order valence-electron chi connectivity index (χ3n) is 7.10. The van der Waals surface area contributed by atoms with Crippen molar-refractivity contribution in [2.45, 2.75) is 90.4 Å². The van der Waals surface area contributed by atoms with Crippen LogP contribution < -0.4 is 14.9 Å². The second kappa shape index (κ2) is 14.6. The Morgan fingerprint density at radius 1 is 0.737 bits per heavy atom. The lowest BCUT2D eigenvalue weighted by molar-refractivity contribution is 0.350. The number of phenolic OH excluding ortho intramolecular Hbond substituents is 3. The smallest absolute Gasteiger partial charge is 0.205 e. The molecule has 0 saturated carbocycles. The fourth-order valence-electron chi connectivity index (χ4n) is 4.95. The summed E-state index contributed by atoms with van der Waals surface area (Å²) >= 11 is 0. The first-order valence-corrected chi connectivity index (χ1v) is 13.9. The number of unbranched alkanes of at least 4 members (excludes halogenated alkanes) is 11. The van der Waals surface area contributed by atoms with Gasteiger partial charge in [0.15, 0.2) is 28.3 Å². The average Bonchev–Trinajstić information content (AvgIpc) is 2.91. The minimum Gasteiger partial charge on any atom is -0.507 e. The Labute approximate surface area is 225 Å². The van der Waals surface area contributed by atoms with Crippen LogP contribution in [0.1, 0.15) is 89.5 Å². The molecule has 0 unspecified atom stereocenters. The number of fused-ring (bicyclic) bond motifs is 1. The van der Waals surface area contributed by atoms with Crippen LogP contribution in [0, 0.1) is 0 Å². The number of hydrogen-bond donors (Lipinski definition) is 3. The summed E-state index contributed by atoms with van der Waals surface area (Å²) in [5, 5.41) is 30.6. The number of hydrogen-bond acceptors (Lipinski definition) is 7. The third-order valence-corrected chi connectivity index (χ3v) is 7.10. The summed E-state index contributed by atoms with van der Waals surface area (Å²) in [6.07, 6.45) is 15.0. The largest absolute Gasteiger partial charge is 0.507 e. The van der Waals surface area contributed by atoms with Crippen LogP contribution in [0.25, 0.3) is 22.3 Å². The summed E-state index contributed by atoms with van der Waals surface area (Å²) in [6, 6.07) is 5.63. The van der Waals surface area contributed by atoms with Crippen molar-refractivity contribution in [2.75, 3.05) is 14.2 Å². The quantitative estimate of drug-likeness (QED) is 0.129. The Balaban J connectivity index is 1.77. The normalized spacial score (nSPS) is 11.2. The van der Waals surface area contributed by atoms with Crippen LogP contribution in [0.5, 0.6) is 28.7 Å². The highest BCUT2D eigenvalue weighted by Crippen LogP contribution is 2.42. The topological polar surface area (TPSA) is 109 Å². The first-order chi connectivity index (χ1) is 18.4. The predicted molar refractivity (Wildman–Crippen MR) is 151 cm³/mol. The highest BCUT2D eigenvalue weighted by atomic mass is 16.5. The Bertz CT molecular complexity index is 1250. The zero-order chi connectivity index (χ0) is 27.5. The average molecular weight is 527 g/mol. The van der Waals surface area contributed by atoms with E-state index in [2.05, 4.69) is 6.92 Å². The molecule has 0 spiro atoms. The fourth-order valence-corrected chi connectivity index (χ4v) is 4.95. The second-order valence-electron chi connectivity index (χ2n) is 9.92. The highest BCUT2D eigenvalue weighted by Gasteiger charge is 2.24. The van der Waals surface area contributed by atoms with Gasteiger partial charge in [0.1, 0.15) is 16.9 Å². The van der Waals surface area contributed by atoms with Gasteiger partial charge < -0.3 is 29.2 Å². The van der Waals surface area contributed by atoms with Crippen LogP contribution in [0.4, 0.5) is 0 Å². The van der Waals surface area contributed by atoms with Crippen LogP contribution in [0.15, 0.2) is 33.5 Å². The van der Waals surface area contributed by atoms with Crippen molar-refractivity contribution in [2.24, 2.45) is 0 Å². The van der Waals surface area contributed by atoms with E-state index in [1.807, 2.05) is 0 Å². The molecule has 208 valence electrons. The summed E-state index contributed by atoms with van der Waals surface area (Å²) in [6.45, 7) is 2.24. The van der Waals surface area contributed by atoms with Gasteiger partial charge in [-0.1, -0.05) is 77.6 Å². The zero-order valence-electron chi connectivity index (χ0n) is 23.0. The maximum Gasteiger partial charge on any atom is 0.205 e. The molecule has 0 aliphatic rings. The zero-order valence-corrected chi connectivity index (χ0v) is 23.0. The van der Waals surface area contributed by atoms with Crippen LogP contribution in [-0.2, 0) is 6.42 Å². The molecule has 0 amide bonds. The highest BCUT2D eigenvalue weighted by molar-refractivity contribution is 5.92. The van der Waals surface area contributed by atoms with E-state index in [1.165, 1.54) is 90.2 Å². The first kappa shape index (κ1) is 29.2. The molecule has 1 aromatic heterocycles. The van der Waals surface area contributed by atoms with Crippen molar-refractivity contribution >= 4 is 11.0 Å². The molecule has 0 aliphatic heterocycles. The van der Waals surface area contributed by atoms with Crippen LogP contribution in [-0.4, -0.2) is 29.5 Å². The minimum atomic E-state index is -0.352. The SMILES string of the molecule is CCCCCCCCCCCCCCc1c(-c2ccc(O)c(O)c2)oc2c(OC)c(OC)cc(O)c2c1=O. The number of benzene rings is 2. The van der Waals surface area contributed by atoms with E-state index in [4.69, 9.17) is 13.9 Å². The maximum atomic E-state index is 13.7. The number of ether oxygens (including phenoxy) is 2. The summed E-state index contributed by atoms with van der Waals surface area (Å²) < 4.78 is 17.0. The molecule has 1 heterocycles. The van der Waals surface area contributed by atoms with Crippen molar-refractivity contribution < 1.29 is 29.2 Å². The van der Waals surface area contributed by atoms with E-state index in [9.17, 15) is 20.1 Å². The Hall–Kier alpha value is -3.35. The second-order valence-corrected chi connectivity index (χ2v) is 9.92. The molecule has 0 atom stereocenters. The molecule has 0 radical (unpaired) electrons. The van der Waals surface area contributed by atoms with Crippen molar-refractivity contribution in [3.63, 3.8) is 0 Å². The van der Waals surface area contributed by atoms with E-state index in [-0.39, 0.29) is 50.9 Å². The Morgan fingerprint density at radius 2 is 1.34 bits per heavy atom. The third kappa shape index (κ3) is 7.15. The summed E-state index contributed by atoms with van der Waals surface area (Å²) in [7, 11) is 2.86. The van der Waals surface area contributed by atoms with E-state index >= 15 is 0 Å². The summed E-state index contributed by atoms with van der Waals surface area (Å²) in [5.74, 6) is -0.139. The molecule has 0 aliphatic carbocycles. The number of rotatable bonds is 16. The van der Waals surface area contributed by atoms with Gasteiger partial charge in [-0.3, -0.25) is 4.79 Å². The molecule has 3 aromatic rings. The van der Waals surface area contributed by atoms with Gasteiger partial charge in [0, 0.05) is 17.2 Å².